The van der Waals surface area contributed by atoms with Gasteiger partial charge in [0.1, 0.15) is 12.2 Å². The third-order valence-corrected chi connectivity index (χ3v) is 5.21. The zero-order valence-electron chi connectivity index (χ0n) is 18.5. The number of carbonyl (C=O) groups excluding carboxylic acids is 1. The number of aromatic nitrogens is 4. The molecule has 0 unspecified atom stereocenters. The van der Waals surface area contributed by atoms with Crippen LogP contribution < -0.4 is 10.6 Å². The molecule has 0 aliphatic carbocycles. The van der Waals surface area contributed by atoms with Crippen LogP contribution in [0.5, 0.6) is 0 Å². The van der Waals surface area contributed by atoms with Crippen molar-refractivity contribution in [1.29, 1.82) is 5.26 Å². The lowest BCUT2D eigenvalue weighted by Gasteiger charge is -2.22. The van der Waals surface area contributed by atoms with Crippen LogP contribution >= 0.6 is 0 Å². The Morgan fingerprint density at radius 1 is 1.24 bits per heavy atom. The molecule has 0 bridgehead atoms. The van der Waals surface area contributed by atoms with Crippen molar-refractivity contribution in [3.8, 4) is 17.5 Å². The fourth-order valence-corrected chi connectivity index (χ4v) is 3.25. The fourth-order valence-electron chi connectivity index (χ4n) is 3.25. The van der Waals surface area contributed by atoms with Crippen molar-refractivity contribution < 1.29 is 14.3 Å². The summed E-state index contributed by atoms with van der Waals surface area (Å²) >= 11 is 0. The molecule has 10 heteroatoms. The first-order valence-electron chi connectivity index (χ1n) is 10.5. The third-order valence-electron chi connectivity index (χ3n) is 5.21. The number of hydrogen-bond donors (Lipinski definition) is 3. The van der Waals surface area contributed by atoms with E-state index in [4.69, 9.17) is 5.26 Å². The summed E-state index contributed by atoms with van der Waals surface area (Å²) in [7, 11) is 0. The number of nitrogens with zero attached hydrogens (tertiary/aromatic N) is 5. The molecule has 1 atom stereocenters. The molecule has 0 saturated heterocycles. The van der Waals surface area contributed by atoms with Gasteiger partial charge < -0.3 is 15.7 Å². The second kappa shape index (κ2) is 9.25. The Morgan fingerprint density at radius 3 is 2.71 bits per heavy atom. The number of nitrogens with one attached hydrogen (secondary N) is 2. The van der Waals surface area contributed by atoms with Gasteiger partial charge in [0.05, 0.1) is 52.1 Å². The van der Waals surface area contributed by atoms with E-state index in [1.54, 1.807) is 41.2 Å². The van der Waals surface area contributed by atoms with Gasteiger partial charge in [-0.2, -0.15) is 10.4 Å². The zero-order valence-corrected chi connectivity index (χ0v) is 18.5. The Kier molecular flexibility index (Phi) is 6.21. The van der Waals surface area contributed by atoms with Gasteiger partial charge in [0.25, 0.3) is 5.91 Å². The molecule has 172 valence electrons. The quantitative estimate of drug-likeness (QED) is 0.387. The first kappa shape index (κ1) is 22.8. The monoisotopic (exact) mass is 459 g/mol. The van der Waals surface area contributed by atoms with Crippen molar-refractivity contribution in [3.63, 3.8) is 0 Å². The Morgan fingerprint density at radius 2 is 2.00 bits per heavy atom. The highest BCUT2D eigenvalue weighted by Crippen LogP contribution is 2.27. The van der Waals surface area contributed by atoms with E-state index < -0.39 is 17.7 Å². The van der Waals surface area contributed by atoms with Crippen LogP contribution in [0.1, 0.15) is 29.8 Å². The first-order valence-corrected chi connectivity index (χ1v) is 10.5. The molecule has 4 heterocycles. The van der Waals surface area contributed by atoms with Crippen molar-refractivity contribution >= 4 is 22.8 Å². The summed E-state index contributed by atoms with van der Waals surface area (Å²) in [6.45, 7) is 2.32. The molecule has 3 N–H and O–H groups in total. The molecule has 0 saturated carbocycles. The summed E-state index contributed by atoms with van der Waals surface area (Å²) in [5.41, 5.74) is 2.11. The molecule has 0 radical (unpaired) electrons. The van der Waals surface area contributed by atoms with E-state index in [1.807, 2.05) is 12.1 Å². The lowest BCUT2D eigenvalue weighted by molar-refractivity contribution is -0.00177. The number of rotatable bonds is 7. The molecule has 1 amide bonds. The van der Waals surface area contributed by atoms with Crippen molar-refractivity contribution in [1.82, 2.24) is 24.9 Å². The largest absolute Gasteiger partial charge is 0.387 e. The maximum Gasteiger partial charge on any atom is 0.255 e. The average molecular weight is 459 g/mol. The zero-order chi connectivity index (χ0) is 24.3. The number of anilines is 2. The van der Waals surface area contributed by atoms with Crippen molar-refractivity contribution in [2.24, 2.45) is 0 Å². The fraction of sp³-hybridized carbons (Fsp3) is 0.208. The summed E-state index contributed by atoms with van der Waals surface area (Å²) in [5, 5.41) is 28.9. The molecule has 4 aromatic rings. The normalized spacial score (nSPS) is 12.2. The predicted molar refractivity (Wildman–Crippen MR) is 124 cm³/mol. The van der Waals surface area contributed by atoms with Crippen molar-refractivity contribution in [2.75, 3.05) is 11.9 Å². The summed E-state index contributed by atoms with van der Waals surface area (Å²) < 4.78 is 15.8. The first-order chi connectivity index (χ1) is 16.3. The second-order valence-electron chi connectivity index (χ2n) is 8.22. The minimum absolute atomic E-state index is 0.198. The molecule has 34 heavy (non-hydrogen) atoms. The maximum absolute atomic E-state index is 14.2. The van der Waals surface area contributed by atoms with Crippen LogP contribution in [0, 0.1) is 11.3 Å². The van der Waals surface area contributed by atoms with Crippen LogP contribution in [0.4, 0.5) is 15.8 Å². The molecule has 0 fully saturated rings. The summed E-state index contributed by atoms with van der Waals surface area (Å²) in [6.07, 6.45) is 4.44. The van der Waals surface area contributed by atoms with Crippen LogP contribution in [0.2, 0.25) is 0 Å². The highest BCUT2D eigenvalue weighted by atomic mass is 19.1. The lowest BCUT2D eigenvalue weighted by atomic mass is 10.0. The molecule has 0 aliphatic heterocycles. The van der Waals surface area contributed by atoms with Gasteiger partial charge >= 0.3 is 0 Å². The van der Waals surface area contributed by atoms with Crippen LogP contribution in [-0.4, -0.2) is 48.9 Å². The summed E-state index contributed by atoms with van der Waals surface area (Å²) in [6, 6.07) is 12.6. The number of aliphatic hydroxyl groups is 1. The standard InChI is InChI=1S/C24H22FN7O2/c1-24(2,34)22(25)14-29-23(33)18-13-28-20(10-19(18)31-16-5-7-27-8-6-16)21-4-3-17-9-15(11-26)12-30-32(17)21/h3-10,12-13,22,34H,14H2,1-2H3,(H,29,33)(H,27,28,31)/t22-/m1/s1. The minimum Gasteiger partial charge on any atom is -0.387 e. The number of carbonyl (C=O) groups is 1. The van der Waals surface area contributed by atoms with E-state index in [0.717, 1.165) is 5.52 Å². The molecular weight excluding hydrogens is 437 g/mol. The number of alkyl halides is 1. The lowest BCUT2D eigenvalue weighted by Crippen LogP contribution is -2.42. The summed E-state index contributed by atoms with van der Waals surface area (Å²) in [5.74, 6) is -0.542. The van der Waals surface area contributed by atoms with E-state index >= 15 is 0 Å². The number of nitriles is 1. The van der Waals surface area contributed by atoms with Crippen LogP contribution in [0.15, 0.2) is 61.2 Å². The second-order valence-corrected chi connectivity index (χ2v) is 8.22. The van der Waals surface area contributed by atoms with Crippen LogP contribution in [0.25, 0.3) is 16.9 Å². The number of fused-ring (bicyclic) bond motifs is 1. The summed E-state index contributed by atoms with van der Waals surface area (Å²) in [4.78, 5) is 21.3. The van der Waals surface area contributed by atoms with E-state index in [9.17, 15) is 14.3 Å². The Bertz CT molecular complexity index is 1370. The third kappa shape index (κ3) is 4.84. The average Bonchev–Trinajstić information content (AvgIpc) is 3.25. The number of pyridine rings is 2. The van der Waals surface area contributed by atoms with Crippen LogP contribution in [0.3, 0.4) is 0 Å². The smallest absolute Gasteiger partial charge is 0.255 e. The highest BCUT2D eigenvalue weighted by Gasteiger charge is 2.27. The molecular formula is C24H22FN7O2. The Hall–Kier alpha value is -4.36. The predicted octanol–water partition coefficient (Wildman–Crippen LogP) is 3.25. The van der Waals surface area contributed by atoms with Gasteiger partial charge in [-0.25, -0.2) is 8.91 Å². The van der Waals surface area contributed by atoms with Gasteiger partial charge in [0, 0.05) is 24.3 Å². The molecule has 4 rings (SSSR count). The maximum atomic E-state index is 14.2. The van der Waals surface area contributed by atoms with Crippen molar-refractivity contribution in [3.05, 3.63) is 72.3 Å². The Labute approximate surface area is 194 Å². The van der Waals surface area contributed by atoms with Gasteiger partial charge in [-0.3, -0.25) is 14.8 Å². The topological polar surface area (TPSA) is 128 Å². The van der Waals surface area contributed by atoms with E-state index in [1.165, 1.54) is 26.2 Å². The van der Waals surface area contributed by atoms with E-state index in [0.29, 0.717) is 28.3 Å². The molecule has 0 spiro atoms. The van der Waals surface area contributed by atoms with Gasteiger partial charge in [-0.15, -0.1) is 0 Å². The van der Waals surface area contributed by atoms with Gasteiger partial charge in [0.15, 0.2) is 0 Å². The minimum atomic E-state index is -1.64. The highest BCUT2D eigenvalue weighted by molar-refractivity contribution is 6.00. The van der Waals surface area contributed by atoms with Gasteiger partial charge in [-0.1, -0.05) is 0 Å². The van der Waals surface area contributed by atoms with Gasteiger partial charge in [0.2, 0.25) is 0 Å². The van der Waals surface area contributed by atoms with E-state index in [2.05, 4.69) is 31.8 Å². The number of hydrogen-bond acceptors (Lipinski definition) is 7. The molecule has 9 nitrogen and oxygen atoms in total. The SMILES string of the molecule is CC(C)(O)[C@H](F)CNC(=O)c1cnc(-c2ccc3cc(C#N)cnn23)cc1Nc1ccncc1. The van der Waals surface area contributed by atoms with E-state index in [-0.39, 0.29) is 12.1 Å². The number of amides is 1. The molecule has 0 aliphatic rings. The van der Waals surface area contributed by atoms with Crippen LogP contribution in [-0.2, 0) is 0 Å². The number of halogens is 1. The molecule has 4 aromatic heterocycles. The Balaban J connectivity index is 1.70. The van der Waals surface area contributed by atoms with Gasteiger partial charge in [-0.05, 0) is 50.2 Å². The molecule has 0 aromatic carbocycles. The van der Waals surface area contributed by atoms with Crippen molar-refractivity contribution in [2.45, 2.75) is 25.6 Å².